The van der Waals surface area contributed by atoms with Crippen molar-refractivity contribution in [3.05, 3.63) is 0 Å². The first-order valence-electron chi connectivity index (χ1n) is 5.98. The number of hydrogen-bond donors (Lipinski definition) is 3. The average molecular weight is 228 g/mol. The summed E-state index contributed by atoms with van der Waals surface area (Å²) in [6, 6.07) is 0. The highest BCUT2D eigenvalue weighted by Crippen LogP contribution is 2.37. The lowest BCUT2D eigenvalue weighted by Crippen LogP contribution is -2.38. The molecule has 16 heavy (non-hydrogen) atoms. The molecule has 3 N–H and O–H groups in total. The molecule has 92 valence electrons. The Hall–Kier alpha value is -0.650. The Morgan fingerprint density at radius 2 is 2.19 bits per heavy atom. The van der Waals surface area contributed by atoms with E-state index in [1.54, 1.807) is 0 Å². The SMILES string of the molecule is O=C(CN1CC2CCC(O)C2C1)NCCO. The summed E-state index contributed by atoms with van der Waals surface area (Å²) in [6.45, 7) is 2.45. The number of nitrogens with one attached hydrogen (secondary N) is 1. The number of carbonyl (C=O) groups excluding carboxylic acids is 1. The Labute approximate surface area is 95.4 Å². The lowest BCUT2D eigenvalue weighted by atomic mass is 10.00. The number of rotatable bonds is 4. The molecule has 0 aromatic rings. The molecule has 1 saturated carbocycles. The van der Waals surface area contributed by atoms with Crippen LogP contribution in [0, 0.1) is 11.8 Å². The number of fused-ring (bicyclic) bond motifs is 1. The van der Waals surface area contributed by atoms with Crippen LogP contribution in [-0.4, -0.2) is 59.9 Å². The van der Waals surface area contributed by atoms with Gasteiger partial charge in [0, 0.05) is 25.6 Å². The third-order valence-corrected chi connectivity index (χ3v) is 3.70. The van der Waals surface area contributed by atoms with Gasteiger partial charge in [-0.2, -0.15) is 0 Å². The van der Waals surface area contributed by atoms with Crippen LogP contribution in [0.4, 0.5) is 0 Å². The molecule has 0 spiro atoms. The highest BCUT2D eigenvalue weighted by Gasteiger charge is 2.41. The highest BCUT2D eigenvalue weighted by molar-refractivity contribution is 5.78. The molecule has 5 nitrogen and oxygen atoms in total. The average Bonchev–Trinajstić information content (AvgIpc) is 2.78. The Morgan fingerprint density at radius 1 is 1.38 bits per heavy atom. The fourth-order valence-electron chi connectivity index (χ4n) is 2.91. The van der Waals surface area contributed by atoms with Crippen LogP contribution in [0.1, 0.15) is 12.8 Å². The summed E-state index contributed by atoms with van der Waals surface area (Å²) in [6.07, 6.45) is 1.83. The maximum Gasteiger partial charge on any atom is 0.234 e. The Balaban J connectivity index is 1.75. The maximum atomic E-state index is 11.4. The number of hydrogen-bond acceptors (Lipinski definition) is 4. The molecule has 0 aromatic carbocycles. The van der Waals surface area contributed by atoms with Gasteiger partial charge in [0.1, 0.15) is 0 Å². The fraction of sp³-hybridized carbons (Fsp3) is 0.909. The third-order valence-electron chi connectivity index (χ3n) is 3.70. The number of likely N-dealkylation sites (tertiary alicyclic amines) is 1. The summed E-state index contributed by atoms with van der Waals surface area (Å²) in [4.78, 5) is 13.5. The van der Waals surface area contributed by atoms with Gasteiger partial charge in [-0.05, 0) is 18.8 Å². The van der Waals surface area contributed by atoms with Crippen LogP contribution in [0.15, 0.2) is 0 Å². The van der Waals surface area contributed by atoms with E-state index in [4.69, 9.17) is 5.11 Å². The van der Waals surface area contributed by atoms with Crippen molar-refractivity contribution in [2.75, 3.05) is 32.8 Å². The second kappa shape index (κ2) is 5.12. The van der Waals surface area contributed by atoms with E-state index in [1.165, 1.54) is 0 Å². The summed E-state index contributed by atoms with van der Waals surface area (Å²) in [5, 5.41) is 21.0. The zero-order valence-corrected chi connectivity index (χ0v) is 9.43. The van der Waals surface area contributed by atoms with Crippen LogP contribution in [0.2, 0.25) is 0 Å². The molecule has 3 atom stereocenters. The van der Waals surface area contributed by atoms with E-state index in [-0.39, 0.29) is 18.6 Å². The van der Waals surface area contributed by atoms with Crippen LogP contribution in [0.5, 0.6) is 0 Å². The summed E-state index contributed by atoms with van der Waals surface area (Å²) < 4.78 is 0. The molecule has 0 aromatic heterocycles. The molecule has 1 saturated heterocycles. The molecule has 2 rings (SSSR count). The molecular formula is C11H20N2O3. The summed E-state index contributed by atoms with van der Waals surface area (Å²) in [5.41, 5.74) is 0. The van der Waals surface area contributed by atoms with E-state index in [0.29, 0.717) is 24.9 Å². The largest absolute Gasteiger partial charge is 0.395 e. The third kappa shape index (κ3) is 2.53. The number of nitrogens with zero attached hydrogens (tertiary/aromatic N) is 1. The number of carbonyl (C=O) groups is 1. The van der Waals surface area contributed by atoms with Gasteiger partial charge in [0.2, 0.25) is 5.91 Å². The van der Waals surface area contributed by atoms with Gasteiger partial charge in [0.05, 0.1) is 19.3 Å². The van der Waals surface area contributed by atoms with E-state index in [2.05, 4.69) is 10.2 Å². The van der Waals surface area contributed by atoms with Gasteiger partial charge in [-0.15, -0.1) is 0 Å². The van der Waals surface area contributed by atoms with E-state index < -0.39 is 0 Å². The quantitative estimate of drug-likeness (QED) is 0.565. The lowest BCUT2D eigenvalue weighted by molar-refractivity contribution is -0.122. The van der Waals surface area contributed by atoms with E-state index in [0.717, 1.165) is 25.9 Å². The molecule has 1 heterocycles. The van der Waals surface area contributed by atoms with Crippen LogP contribution in [0.3, 0.4) is 0 Å². The van der Waals surface area contributed by atoms with Crippen LogP contribution < -0.4 is 5.32 Å². The van der Waals surface area contributed by atoms with Gasteiger partial charge in [-0.25, -0.2) is 0 Å². The van der Waals surface area contributed by atoms with E-state index >= 15 is 0 Å². The summed E-state index contributed by atoms with van der Waals surface area (Å²) in [7, 11) is 0. The van der Waals surface area contributed by atoms with Gasteiger partial charge in [0.15, 0.2) is 0 Å². The molecule has 1 aliphatic carbocycles. The molecule has 2 fully saturated rings. The van der Waals surface area contributed by atoms with Crippen molar-refractivity contribution in [3.63, 3.8) is 0 Å². The van der Waals surface area contributed by atoms with Gasteiger partial charge in [-0.1, -0.05) is 0 Å². The summed E-state index contributed by atoms with van der Waals surface area (Å²) >= 11 is 0. The Kier molecular flexibility index (Phi) is 3.78. The first-order chi connectivity index (χ1) is 7.70. The van der Waals surface area contributed by atoms with Crippen molar-refractivity contribution in [3.8, 4) is 0 Å². The van der Waals surface area contributed by atoms with E-state index in [9.17, 15) is 9.90 Å². The lowest BCUT2D eigenvalue weighted by Gasteiger charge is -2.17. The van der Waals surface area contributed by atoms with Crippen molar-refractivity contribution < 1.29 is 15.0 Å². The first kappa shape index (κ1) is 11.8. The minimum absolute atomic E-state index is 0.0182. The normalized spacial score (nSPS) is 34.0. The minimum atomic E-state index is -0.171. The second-order valence-corrected chi connectivity index (χ2v) is 4.84. The number of aliphatic hydroxyl groups is 2. The van der Waals surface area contributed by atoms with Crippen LogP contribution in [0.25, 0.3) is 0 Å². The predicted octanol–water partition coefficient (Wildman–Crippen LogP) is -1.20. The van der Waals surface area contributed by atoms with Crippen molar-refractivity contribution in [2.45, 2.75) is 18.9 Å². The topological polar surface area (TPSA) is 72.8 Å². The van der Waals surface area contributed by atoms with E-state index in [1.807, 2.05) is 0 Å². The minimum Gasteiger partial charge on any atom is -0.395 e. The molecule has 2 aliphatic rings. The van der Waals surface area contributed by atoms with Gasteiger partial charge >= 0.3 is 0 Å². The number of aliphatic hydroxyl groups excluding tert-OH is 2. The van der Waals surface area contributed by atoms with Crippen molar-refractivity contribution in [2.24, 2.45) is 11.8 Å². The van der Waals surface area contributed by atoms with Gasteiger partial charge in [0.25, 0.3) is 0 Å². The van der Waals surface area contributed by atoms with Crippen LogP contribution in [-0.2, 0) is 4.79 Å². The maximum absolute atomic E-state index is 11.4. The highest BCUT2D eigenvalue weighted by atomic mass is 16.3. The van der Waals surface area contributed by atoms with Gasteiger partial charge in [-0.3, -0.25) is 9.69 Å². The molecule has 0 radical (unpaired) electrons. The Bertz CT molecular complexity index is 260. The predicted molar refractivity (Wildman–Crippen MR) is 58.8 cm³/mol. The molecule has 3 unspecified atom stereocenters. The standard InChI is InChI=1S/C11H20N2O3/c14-4-3-12-11(16)7-13-5-8-1-2-10(15)9(8)6-13/h8-10,14-15H,1-7H2,(H,12,16). The zero-order valence-electron chi connectivity index (χ0n) is 9.43. The second-order valence-electron chi connectivity index (χ2n) is 4.84. The molecule has 1 amide bonds. The Morgan fingerprint density at radius 3 is 2.88 bits per heavy atom. The first-order valence-corrected chi connectivity index (χ1v) is 5.98. The molecule has 0 bridgehead atoms. The summed E-state index contributed by atoms with van der Waals surface area (Å²) in [5.74, 6) is 0.898. The van der Waals surface area contributed by atoms with Crippen LogP contribution >= 0.6 is 0 Å². The molecule has 5 heteroatoms. The van der Waals surface area contributed by atoms with Crippen molar-refractivity contribution in [1.29, 1.82) is 0 Å². The molecule has 1 aliphatic heterocycles. The monoisotopic (exact) mass is 228 g/mol. The smallest absolute Gasteiger partial charge is 0.234 e. The van der Waals surface area contributed by atoms with Crippen molar-refractivity contribution >= 4 is 5.91 Å². The molecular weight excluding hydrogens is 208 g/mol. The van der Waals surface area contributed by atoms with Gasteiger partial charge < -0.3 is 15.5 Å². The fourth-order valence-corrected chi connectivity index (χ4v) is 2.91. The number of amides is 1. The zero-order chi connectivity index (χ0) is 11.5. The van der Waals surface area contributed by atoms with Crippen molar-refractivity contribution in [1.82, 2.24) is 10.2 Å².